The van der Waals surface area contributed by atoms with Crippen molar-refractivity contribution in [3.05, 3.63) is 65.5 Å². The zero-order chi connectivity index (χ0) is 22.2. The van der Waals surface area contributed by atoms with Crippen molar-refractivity contribution in [1.29, 1.82) is 5.26 Å². The largest absolute Gasteiger partial charge is 0.479 e. The zero-order valence-corrected chi connectivity index (χ0v) is 17.9. The first-order valence-corrected chi connectivity index (χ1v) is 10.5. The fourth-order valence-corrected chi connectivity index (χ4v) is 3.65. The van der Waals surface area contributed by atoms with Crippen LogP contribution in [0, 0.1) is 23.1 Å². The van der Waals surface area contributed by atoms with Crippen LogP contribution in [-0.4, -0.2) is 49.8 Å². The number of carbonyl (C=O) groups is 1. The minimum atomic E-state index is -0.757. The van der Waals surface area contributed by atoms with E-state index in [0.717, 1.165) is 5.56 Å². The Hall–Kier alpha value is -2.95. The molecule has 1 N–H and O–H groups in total. The third-order valence-corrected chi connectivity index (χ3v) is 5.31. The Morgan fingerprint density at radius 1 is 1.23 bits per heavy atom. The smallest absolute Gasteiger partial charge is 0.261 e. The van der Waals surface area contributed by atoms with Gasteiger partial charge in [-0.15, -0.1) is 0 Å². The van der Waals surface area contributed by atoms with Gasteiger partial charge in [-0.2, -0.15) is 5.26 Å². The molecule has 1 saturated heterocycles. The molecule has 1 aliphatic heterocycles. The van der Waals surface area contributed by atoms with E-state index in [0.29, 0.717) is 44.2 Å². The van der Waals surface area contributed by atoms with Gasteiger partial charge in [0.2, 0.25) is 0 Å². The van der Waals surface area contributed by atoms with Gasteiger partial charge in [-0.1, -0.05) is 38.1 Å². The highest BCUT2D eigenvalue weighted by Gasteiger charge is 2.28. The lowest BCUT2D eigenvalue weighted by atomic mass is 10.0. The molecule has 0 radical (unpaired) electrons. The standard InChI is InChI=1S/C24H28FN3O3/c1-17(2)23(31-22-9-4-3-6-19(22)15-26)24(29)27-16-21(28-10-12-30-13-11-28)18-7-5-8-20(25)14-18/h3-9,14,17,21,23H,10-13,16H2,1-2H3,(H,27,29). The molecule has 164 valence electrons. The molecule has 0 aliphatic carbocycles. The first kappa shape index (κ1) is 22.7. The molecule has 1 fully saturated rings. The van der Waals surface area contributed by atoms with Gasteiger partial charge >= 0.3 is 0 Å². The highest BCUT2D eigenvalue weighted by atomic mass is 19.1. The van der Waals surface area contributed by atoms with E-state index in [1.165, 1.54) is 12.1 Å². The molecule has 31 heavy (non-hydrogen) atoms. The number of amides is 1. The van der Waals surface area contributed by atoms with Gasteiger partial charge in [-0.3, -0.25) is 9.69 Å². The van der Waals surface area contributed by atoms with E-state index in [9.17, 15) is 14.4 Å². The van der Waals surface area contributed by atoms with E-state index in [-0.39, 0.29) is 23.7 Å². The second-order valence-corrected chi connectivity index (χ2v) is 7.85. The van der Waals surface area contributed by atoms with Crippen molar-refractivity contribution in [2.24, 2.45) is 5.92 Å². The number of hydrogen-bond acceptors (Lipinski definition) is 5. The molecule has 1 aliphatic rings. The van der Waals surface area contributed by atoms with Crippen molar-refractivity contribution in [2.75, 3.05) is 32.8 Å². The Labute approximate surface area is 182 Å². The van der Waals surface area contributed by atoms with Gasteiger partial charge in [0.05, 0.1) is 24.8 Å². The molecule has 3 rings (SSSR count). The van der Waals surface area contributed by atoms with Gasteiger partial charge in [-0.05, 0) is 35.7 Å². The molecule has 0 saturated carbocycles. The summed E-state index contributed by atoms with van der Waals surface area (Å²) >= 11 is 0. The first-order chi connectivity index (χ1) is 15.0. The maximum absolute atomic E-state index is 13.9. The Balaban J connectivity index is 1.74. The number of morpholine rings is 1. The molecule has 0 aromatic heterocycles. The summed E-state index contributed by atoms with van der Waals surface area (Å²) in [4.78, 5) is 15.2. The van der Waals surface area contributed by atoms with Crippen molar-refractivity contribution in [1.82, 2.24) is 10.2 Å². The van der Waals surface area contributed by atoms with Crippen LogP contribution in [0.3, 0.4) is 0 Å². The minimum absolute atomic E-state index is 0.109. The molecule has 2 aromatic carbocycles. The van der Waals surface area contributed by atoms with Crippen molar-refractivity contribution >= 4 is 5.91 Å². The summed E-state index contributed by atoms with van der Waals surface area (Å²) in [6.45, 7) is 6.71. The van der Waals surface area contributed by atoms with Crippen LogP contribution in [0.25, 0.3) is 0 Å². The molecule has 2 atom stereocenters. The van der Waals surface area contributed by atoms with E-state index < -0.39 is 6.10 Å². The highest BCUT2D eigenvalue weighted by Crippen LogP contribution is 2.23. The summed E-state index contributed by atoms with van der Waals surface area (Å²) in [5, 5.41) is 12.3. The lowest BCUT2D eigenvalue weighted by Crippen LogP contribution is -2.47. The number of halogens is 1. The topological polar surface area (TPSA) is 74.6 Å². The Morgan fingerprint density at radius 3 is 2.65 bits per heavy atom. The molecular weight excluding hydrogens is 397 g/mol. The van der Waals surface area contributed by atoms with Gasteiger partial charge in [0.25, 0.3) is 5.91 Å². The Morgan fingerprint density at radius 2 is 1.97 bits per heavy atom. The molecule has 0 bridgehead atoms. The number of para-hydroxylation sites is 1. The second-order valence-electron chi connectivity index (χ2n) is 7.85. The average molecular weight is 426 g/mol. The van der Waals surface area contributed by atoms with Crippen molar-refractivity contribution in [3.63, 3.8) is 0 Å². The van der Waals surface area contributed by atoms with Crippen molar-refractivity contribution in [3.8, 4) is 11.8 Å². The molecule has 1 amide bonds. The molecule has 0 spiro atoms. The van der Waals surface area contributed by atoms with E-state index >= 15 is 0 Å². The summed E-state index contributed by atoms with van der Waals surface area (Å²) < 4.78 is 25.2. The Kier molecular flexibility index (Phi) is 7.99. The van der Waals surface area contributed by atoms with E-state index in [1.54, 1.807) is 30.3 Å². The van der Waals surface area contributed by atoms with Gasteiger partial charge in [0.1, 0.15) is 17.6 Å². The number of nitrogens with one attached hydrogen (secondary N) is 1. The van der Waals surface area contributed by atoms with Crippen LogP contribution < -0.4 is 10.1 Å². The van der Waals surface area contributed by atoms with Crippen LogP contribution in [0.2, 0.25) is 0 Å². The summed E-state index contributed by atoms with van der Waals surface area (Å²) in [5.74, 6) is -0.299. The van der Waals surface area contributed by atoms with Crippen LogP contribution in [0.1, 0.15) is 31.0 Å². The van der Waals surface area contributed by atoms with E-state index in [2.05, 4.69) is 16.3 Å². The van der Waals surface area contributed by atoms with Crippen LogP contribution >= 0.6 is 0 Å². The maximum atomic E-state index is 13.9. The monoisotopic (exact) mass is 425 g/mol. The molecule has 2 aromatic rings. The molecule has 7 heteroatoms. The molecule has 6 nitrogen and oxygen atoms in total. The van der Waals surface area contributed by atoms with Crippen LogP contribution in [0.5, 0.6) is 5.75 Å². The number of rotatable bonds is 8. The molecular formula is C24H28FN3O3. The van der Waals surface area contributed by atoms with Crippen LogP contribution in [-0.2, 0) is 9.53 Å². The van der Waals surface area contributed by atoms with Gasteiger partial charge in [0.15, 0.2) is 6.10 Å². The first-order valence-electron chi connectivity index (χ1n) is 10.5. The summed E-state index contributed by atoms with van der Waals surface area (Å²) in [5.41, 5.74) is 1.19. The molecule has 2 unspecified atom stereocenters. The van der Waals surface area contributed by atoms with E-state index in [1.807, 2.05) is 19.9 Å². The minimum Gasteiger partial charge on any atom is -0.479 e. The third kappa shape index (κ3) is 6.03. The fourth-order valence-electron chi connectivity index (χ4n) is 3.65. The summed E-state index contributed by atoms with van der Waals surface area (Å²) in [6, 6.07) is 15.2. The third-order valence-electron chi connectivity index (χ3n) is 5.31. The lowest BCUT2D eigenvalue weighted by molar-refractivity contribution is -0.130. The van der Waals surface area contributed by atoms with E-state index in [4.69, 9.17) is 9.47 Å². The predicted molar refractivity (Wildman–Crippen MR) is 115 cm³/mol. The fraction of sp³-hybridized carbons (Fsp3) is 0.417. The number of nitriles is 1. The second kappa shape index (κ2) is 10.9. The predicted octanol–water partition coefficient (Wildman–Crippen LogP) is 3.29. The number of ether oxygens (including phenoxy) is 2. The van der Waals surface area contributed by atoms with Crippen molar-refractivity contribution in [2.45, 2.75) is 26.0 Å². The number of carbonyl (C=O) groups excluding carboxylic acids is 1. The average Bonchev–Trinajstić information content (AvgIpc) is 2.78. The summed E-state index contributed by atoms with van der Waals surface area (Å²) in [6.07, 6.45) is -0.757. The SMILES string of the molecule is CC(C)C(Oc1ccccc1C#N)C(=O)NCC(c1cccc(F)c1)N1CCOCC1. The zero-order valence-electron chi connectivity index (χ0n) is 17.9. The number of hydrogen-bond donors (Lipinski definition) is 1. The van der Waals surface area contributed by atoms with Crippen LogP contribution in [0.15, 0.2) is 48.5 Å². The number of benzene rings is 2. The Bertz CT molecular complexity index is 922. The summed E-state index contributed by atoms with van der Waals surface area (Å²) in [7, 11) is 0. The quantitative estimate of drug-likeness (QED) is 0.703. The molecule has 1 heterocycles. The highest BCUT2D eigenvalue weighted by molar-refractivity contribution is 5.81. The van der Waals surface area contributed by atoms with Gasteiger partial charge in [0, 0.05) is 19.6 Å². The lowest BCUT2D eigenvalue weighted by Gasteiger charge is -2.35. The van der Waals surface area contributed by atoms with Gasteiger partial charge < -0.3 is 14.8 Å². The normalized spacial score (nSPS) is 16.4. The number of nitrogens with zero attached hydrogens (tertiary/aromatic N) is 2. The maximum Gasteiger partial charge on any atom is 0.261 e. The van der Waals surface area contributed by atoms with Crippen molar-refractivity contribution < 1.29 is 18.7 Å². The van der Waals surface area contributed by atoms with Gasteiger partial charge in [-0.25, -0.2) is 4.39 Å². The van der Waals surface area contributed by atoms with Crippen LogP contribution in [0.4, 0.5) is 4.39 Å².